The average molecular weight is 332 g/mol. The van der Waals surface area contributed by atoms with E-state index in [1.165, 1.54) is 40.8 Å². The first kappa shape index (κ1) is 16.0. The molecule has 1 fully saturated rings. The fraction of sp³-hybridized carbons (Fsp3) is 0.333. The third-order valence-electron chi connectivity index (χ3n) is 5.07. The predicted octanol–water partition coefficient (Wildman–Crippen LogP) is 4.16. The summed E-state index contributed by atoms with van der Waals surface area (Å²) in [5.41, 5.74) is 6.34. The van der Waals surface area contributed by atoms with Gasteiger partial charge in [-0.1, -0.05) is 35.9 Å². The Bertz CT molecular complexity index is 807. The summed E-state index contributed by atoms with van der Waals surface area (Å²) in [5.74, 6) is 0.504. The lowest BCUT2D eigenvalue weighted by molar-refractivity contribution is 0.198. The zero-order chi connectivity index (χ0) is 17.1. The lowest BCUT2D eigenvalue weighted by atomic mass is 9.90. The van der Waals surface area contributed by atoms with Crippen LogP contribution in [0, 0.1) is 6.92 Å². The Morgan fingerprint density at radius 1 is 1.16 bits per heavy atom. The SMILES string of the molecule is Cc1ccc(-c2cn[nH]c2[C@H]2CCCN(Cc3cccnc3)C2)cc1. The Balaban J connectivity index is 1.52. The van der Waals surface area contributed by atoms with Gasteiger partial charge >= 0.3 is 0 Å². The van der Waals surface area contributed by atoms with Crippen LogP contribution in [0.4, 0.5) is 0 Å². The summed E-state index contributed by atoms with van der Waals surface area (Å²) in [7, 11) is 0. The molecule has 0 amide bonds. The van der Waals surface area contributed by atoms with Crippen molar-refractivity contribution in [2.75, 3.05) is 13.1 Å². The number of hydrogen-bond acceptors (Lipinski definition) is 3. The van der Waals surface area contributed by atoms with Crippen molar-refractivity contribution in [1.29, 1.82) is 0 Å². The number of aryl methyl sites for hydroxylation is 1. The molecule has 3 aromatic rings. The molecule has 1 aliphatic heterocycles. The first-order valence-corrected chi connectivity index (χ1v) is 9.01. The summed E-state index contributed by atoms with van der Waals surface area (Å²) < 4.78 is 0. The molecule has 0 bridgehead atoms. The van der Waals surface area contributed by atoms with Crippen LogP contribution in [-0.2, 0) is 6.54 Å². The number of nitrogens with one attached hydrogen (secondary N) is 1. The highest BCUT2D eigenvalue weighted by Crippen LogP contribution is 2.33. The maximum Gasteiger partial charge on any atom is 0.0568 e. The minimum atomic E-state index is 0.504. The monoisotopic (exact) mass is 332 g/mol. The van der Waals surface area contributed by atoms with Crippen molar-refractivity contribution in [1.82, 2.24) is 20.1 Å². The van der Waals surface area contributed by atoms with E-state index >= 15 is 0 Å². The number of piperidine rings is 1. The Hall–Kier alpha value is -2.46. The smallest absolute Gasteiger partial charge is 0.0568 e. The standard InChI is InChI=1S/C21H24N4/c1-16-6-8-18(9-7-16)20-13-23-24-21(20)19-5-3-11-25(15-19)14-17-4-2-10-22-12-17/h2,4,6-10,12-13,19H,3,5,11,14-15H2,1H3,(H,23,24)/t19-/m0/s1. The van der Waals surface area contributed by atoms with Crippen LogP contribution in [0.1, 0.15) is 35.6 Å². The topological polar surface area (TPSA) is 44.8 Å². The fourth-order valence-electron chi connectivity index (χ4n) is 3.76. The second-order valence-corrected chi connectivity index (χ2v) is 7.00. The summed E-state index contributed by atoms with van der Waals surface area (Å²) in [6, 6.07) is 12.9. The first-order chi connectivity index (χ1) is 12.3. The summed E-state index contributed by atoms with van der Waals surface area (Å²) in [6.07, 6.45) is 8.21. The molecule has 1 aromatic carbocycles. The average Bonchev–Trinajstić information content (AvgIpc) is 3.13. The first-order valence-electron chi connectivity index (χ1n) is 9.01. The molecule has 0 spiro atoms. The predicted molar refractivity (Wildman–Crippen MR) is 100 cm³/mol. The summed E-state index contributed by atoms with van der Waals surface area (Å²) in [4.78, 5) is 6.77. The van der Waals surface area contributed by atoms with Crippen molar-refractivity contribution < 1.29 is 0 Å². The fourth-order valence-corrected chi connectivity index (χ4v) is 3.76. The van der Waals surface area contributed by atoms with E-state index in [0.29, 0.717) is 5.92 Å². The van der Waals surface area contributed by atoms with Crippen molar-refractivity contribution in [3.63, 3.8) is 0 Å². The van der Waals surface area contributed by atoms with Gasteiger partial charge in [0.15, 0.2) is 0 Å². The summed E-state index contributed by atoms with van der Waals surface area (Å²) in [5, 5.41) is 7.64. The Morgan fingerprint density at radius 2 is 2.04 bits per heavy atom. The van der Waals surface area contributed by atoms with Gasteiger partial charge in [-0.05, 0) is 43.5 Å². The molecular weight excluding hydrogens is 308 g/mol. The number of likely N-dealkylation sites (tertiary alicyclic amines) is 1. The van der Waals surface area contributed by atoms with Crippen molar-refractivity contribution in [2.45, 2.75) is 32.2 Å². The van der Waals surface area contributed by atoms with Gasteiger partial charge in [0, 0.05) is 42.7 Å². The molecule has 0 aliphatic carbocycles. The maximum atomic E-state index is 4.35. The molecule has 25 heavy (non-hydrogen) atoms. The molecule has 1 aliphatic rings. The van der Waals surface area contributed by atoms with E-state index in [4.69, 9.17) is 0 Å². The normalized spacial score (nSPS) is 18.4. The van der Waals surface area contributed by atoms with Crippen molar-refractivity contribution in [3.05, 3.63) is 71.8 Å². The Labute approximate surface area is 148 Å². The van der Waals surface area contributed by atoms with E-state index in [1.54, 1.807) is 0 Å². The number of benzene rings is 1. The van der Waals surface area contributed by atoms with Crippen molar-refractivity contribution >= 4 is 0 Å². The number of aromatic amines is 1. The van der Waals surface area contributed by atoms with Crippen LogP contribution in [-0.4, -0.2) is 33.2 Å². The Kier molecular flexibility index (Phi) is 4.61. The molecule has 2 aromatic heterocycles. The van der Waals surface area contributed by atoms with Gasteiger partial charge in [-0.15, -0.1) is 0 Å². The molecule has 0 radical (unpaired) electrons. The van der Waals surface area contributed by atoms with Gasteiger partial charge in [0.2, 0.25) is 0 Å². The van der Waals surface area contributed by atoms with Gasteiger partial charge < -0.3 is 0 Å². The van der Waals surface area contributed by atoms with Crippen LogP contribution in [0.15, 0.2) is 55.0 Å². The third-order valence-corrected chi connectivity index (χ3v) is 5.07. The second-order valence-electron chi connectivity index (χ2n) is 7.00. The van der Waals surface area contributed by atoms with Crippen molar-refractivity contribution in [3.8, 4) is 11.1 Å². The highest BCUT2D eigenvalue weighted by atomic mass is 15.2. The maximum absolute atomic E-state index is 4.35. The second kappa shape index (κ2) is 7.19. The number of aromatic nitrogens is 3. The molecule has 0 unspecified atom stereocenters. The minimum Gasteiger partial charge on any atom is -0.298 e. The number of rotatable bonds is 4. The molecule has 3 heterocycles. The Morgan fingerprint density at radius 3 is 2.84 bits per heavy atom. The largest absolute Gasteiger partial charge is 0.298 e. The molecular formula is C21H24N4. The molecule has 4 nitrogen and oxygen atoms in total. The molecule has 128 valence electrons. The number of pyridine rings is 1. The molecule has 1 saturated heterocycles. The third kappa shape index (κ3) is 3.64. The quantitative estimate of drug-likeness (QED) is 0.780. The van der Waals surface area contributed by atoms with E-state index in [0.717, 1.165) is 19.6 Å². The van der Waals surface area contributed by atoms with Crippen LogP contribution < -0.4 is 0 Å². The highest BCUT2D eigenvalue weighted by Gasteiger charge is 2.25. The van der Waals surface area contributed by atoms with Gasteiger partial charge in [0.25, 0.3) is 0 Å². The van der Waals surface area contributed by atoms with Gasteiger partial charge in [-0.3, -0.25) is 15.0 Å². The van der Waals surface area contributed by atoms with E-state index in [1.807, 2.05) is 24.7 Å². The molecule has 4 heteroatoms. The van der Waals surface area contributed by atoms with Crippen LogP contribution in [0.25, 0.3) is 11.1 Å². The zero-order valence-electron chi connectivity index (χ0n) is 14.7. The van der Waals surface area contributed by atoms with Gasteiger partial charge in [-0.2, -0.15) is 5.10 Å². The number of H-pyrrole nitrogens is 1. The van der Waals surface area contributed by atoms with Crippen LogP contribution >= 0.6 is 0 Å². The van der Waals surface area contributed by atoms with Gasteiger partial charge in [-0.25, -0.2) is 0 Å². The number of nitrogens with zero attached hydrogens (tertiary/aromatic N) is 3. The molecule has 0 saturated carbocycles. The van der Waals surface area contributed by atoms with E-state index in [2.05, 4.69) is 57.3 Å². The molecule has 1 N–H and O–H groups in total. The lowest BCUT2D eigenvalue weighted by Crippen LogP contribution is -2.34. The van der Waals surface area contributed by atoms with Crippen molar-refractivity contribution in [2.24, 2.45) is 0 Å². The van der Waals surface area contributed by atoms with Crippen LogP contribution in [0.2, 0.25) is 0 Å². The zero-order valence-corrected chi connectivity index (χ0v) is 14.7. The van der Waals surface area contributed by atoms with E-state index in [9.17, 15) is 0 Å². The van der Waals surface area contributed by atoms with Crippen LogP contribution in [0.3, 0.4) is 0 Å². The van der Waals surface area contributed by atoms with Gasteiger partial charge in [0.05, 0.1) is 6.20 Å². The summed E-state index contributed by atoms with van der Waals surface area (Å²) >= 11 is 0. The minimum absolute atomic E-state index is 0.504. The lowest BCUT2D eigenvalue weighted by Gasteiger charge is -2.32. The molecule has 1 atom stereocenters. The number of hydrogen-bond donors (Lipinski definition) is 1. The van der Waals surface area contributed by atoms with Gasteiger partial charge in [0.1, 0.15) is 0 Å². The van der Waals surface area contributed by atoms with E-state index in [-0.39, 0.29) is 0 Å². The summed E-state index contributed by atoms with van der Waals surface area (Å²) in [6.45, 7) is 5.31. The van der Waals surface area contributed by atoms with E-state index < -0.39 is 0 Å². The highest BCUT2D eigenvalue weighted by molar-refractivity contribution is 5.66. The van der Waals surface area contributed by atoms with Crippen LogP contribution in [0.5, 0.6) is 0 Å². The molecule has 4 rings (SSSR count).